The Balaban J connectivity index is 2.42. The Hall–Kier alpha value is -2.72. The number of nitrogens with zero attached hydrogens (tertiary/aromatic N) is 2. The molecule has 2 aromatic rings. The molecule has 1 N–H and O–H groups in total. The predicted molar refractivity (Wildman–Crippen MR) is 128 cm³/mol. The minimum absolute atomic E-state index is 0.0233. The summed E-state index contributed by atoms with van der Waals surface area (Å²) in [6.07, 6.45) is 1.55. The molecule has 0 spiro atoms. The zero-order chi connectivity index (χ0) is 25.6. The van der Waals surface area contributed by atoms with Crippen molar-refractivity contribution in [1.82, 2.24) is 10.2 Å². The lowest BCUT2D eigenvalue weighted by Gasteiger charge is -2.32. The van der Waals surface area contributed by atoms with Crippen molar-refractivity contribution >= 4 is 39.1 Å². The molecule has 0 unspecified atom stereocenters. The van der Waals surface area contributed by atoms with E-state index in [1.54, 1.807) is 13.0 Å². The van der Waals surface area contributed by atoms with Crippen molar-refractivity contribution in [3.63, 3.8) is 0 Å². The molecule has 0 heterocycles. The topological polar surface area (TPSA) is 86.8 Å². The second-order valence-electron chi connectivity index (χ2n) is 7.97. The van der Waals surface area contributed by atoms with E-state index >= 15 is 0 Å². The second-order valence-corrected chi connectivity index (χ2v) is 10.3. The van der Waals surface area contributed by atoms with Crippen LogP contribution >= 0.6 is 11.6 Å². The van der Waals surface area contributed by atoms with E-state index in [4.69, 9.17) is 11.6 Å². The van der Waals surface area contributed by atoms with Crippen LogP contribution in [0, 0.1) is 11.6 Å². The van der Waals surface area contributed by atoms with E-state index in [9.17, 15) is 26.8 Å². The molecule has 2 rings (SSSR count). The molecule has 0 radical (unpaired) electrons. The van der Waals surface area contributed by atoms with Gasteiger partial charge in [-0.05, 0) is 44.5 Å². The summed E-state index contributed by atoms with van der Waals surface area (Å²) in [6, 6.07) is 7.85. The first-order chi connectivity index (χ1) is 15.8. The minimum Gasteiger partial charge on any atom is -0.352 e. The van der Waals surface area contributed by atoms with Gasteiger partial charge in [-0.25, -0.2) is 17.2 Å². The molecule has 0 bridgehead atoms. The van der Waals surface area contributed by atoms with E-state index in [1.165, 1.54) is 31.2 Å². The van der Waals surface area contributed by atoms with Crippen LogP contribution < -0.4 is 9.62 Å². The highest BCUT2D eigenvalue weighted by Gasteiger charge is 2.31. The van der Waals surface area contributed by atoms with Gasteiger partial charge in [0, 0.05) is 18.2 Å². The summed E-state index contributed by atoms with van der Waals surface area (Å²) < 4.78 is 53.6. The highest BCUT2D eigenvalue weighted by molar-refractivity contribution is 7.92. The predicted octanol–water partition coefficient (Wildman–Crippen LogP) is 3.72. The maximum Gasteiger partial charge on any atom is 0.244 e. The fourth-order valence-electron chi connectivity index (χ4n) is 3.11. The van der Waals surface area contributed by atoms with Crippen LogP contribution in [-0.4, -0.2) is 50.0 Å². The number of hydrogen-bond donors (Lipinski definition) is 1. The van der Waals surface area contributed by atoms with Crippen molar-refractivity contribution in [2.75, 3.05) is 17.1 Å². The van der Waals surface area contributed by atoms with E-state index in [1.807, 2.05) is 6.92 Å². The molecule has 11 heteroatoms. The van der Waals surface area contributed by atoms with Crippen LogP contribution in [0.5, 0.6) is 0 Å². The summed E-state index contributed by atoms with van der Waals surface area (Å²) in [4.78, 5) is 27.2. The van der Waals surface area contributed by atoms with Crippen molar-refractivity contribution in [2.45, 2.75) is 45.8 Å². The summed E-state index contributed by atoms with van der Waals surface area (Å²) in [5, 5.41) is 2.46. The van der Waals surface area contributed by atoms with Crippen molar-refractivity contribution < 1.29 is 26.8 Å². The van der Waals surface area contributed by atoms with Crippen LogP contribution in [0.4, 0.5) is 14.5 Å². The zero-order valence-electron chi connectivity index (χ0n) is 19.4. The van der Waals surface area contributed by atoms with Gasteiger partial charge >= 0.3 is 0 Å². The average Bonchev–Trinajstić information content (AvgIpc) is 2.77. The number of nitrogens with one attached hydrogen (secondary N) is 1. The number of benzene rings is 2. The molecule has 0 aliphatic carbocycles. The molecule has 2 aromatic carbocycles. The Morgan fingerprint density at radius 1 is 1.09 bits per heavy atom. The summed E-state index contributed by atoms with van der Waals surface area (Å²) in [7, 11) is -4.00. The van der Waals surface area contributed by atoms with E-state index in [0.29, 0.717) is 6.42 Å². The molecule has 0 aliphatic heterocycles. The molecule has 0 fully saturated rings. The SMILES string of the molecule is CC[C@H](C)NC(=O)[C@@H](C)N(Cc1ccccc1F)C(=O)CN(c1ccc(F)c(Cl)c1)S(C)(=O)=O. The third-order valence-corrected chi connectivity index (χ3v) is 6.77. The Kier molecular flexibility index (Phi) is 9.40. The molecular formula is C23H28ClF2N3O4S. The maximum atomic E-state index is 14.3. The highest BCUT2D eigenvalue weighted by atomic mass is 35.5. The van der Waals surface area contributed by atoms with Crippen LogP contribution in [0.2, 0.25) is 5.02 Å². The maximum absolute atomic E-state index is 14.3. The van der Waals surface area contributed by atoms with Crippen molar-refractivity contribution in [1.29, 1.82) is 0 Å². The van der Waals surface area contributed by atoms with Crippen LogP contribution in [0.3, 0.4) is 0 Å². The fourth-order valence-corrected chi connectivity index (χ4v) is 4.13. The number of hydrogen-bond acceptors (Lipinski definition) is 4. The van der Waals surface area contributed by atoms with Gasteiger partial charge in [0.2, 0.25) is 21.8 Å². The third kappa shape index (κ3) is 7.14. The van der Waals surface area contributed by atoms with E-state index in [-0.39, 0.29) is 28.9 Å². The largest absolute Gasteiger partial charge is 0.352 e. The molecule has 0 saturated heterocycles. The first-order valence-corrected chi connectivity index (χ1v) is 12.8. The summed E-state index contributed by atoms with van der Waals surface area (Å²) >= 11 is 5.80. The van der Waals surface area contributed by atoms with Gasteiger partial charge in [0.25, 0.3) is 0 Å². The van der Waals surface area contributed by atoms with Crippen molar-refractivity contribution in [2.24, 2.45) is 0 Å². The quantitative estimate of drug-likeness (QED) is 0.522. The Morgan fingerprint density at radius 3 is 2.29 bits per heavy atom. The monoisotopic (exact) mass is 515 g/mol. The molecule has 34 heavy (non-hydrogen) atoms. The van der Waals surface area contributed by atoms with E-state index in [2.05, 4.69) is 5.32 Å². The first-order valence-electron chi connectivity index (χ1n) is 10.6. The van der Waals surface area contributed by atoms with Gasteiger partial charge in [-0.3, -0.25) is 13.9 Å². The molecule has 0 saturated carbocycles. The van der Waals surface area contributed by atoms with Gasteiger partial charge < -0.3 is 10.2 Å². The van der Waals surface area contributed by atoms with Crippen LogP contribution in [-0.2, 0) is 26.2 Å². The van der Waals surface area contributed by atoms with E-state index in [0.717, 1.165) is 27.6 Å². The Morgan fingerprint density at radius 2 is 1.74 bits per heavy atom. The molecule has 2 atom stereocenters. The van der Waals surface area contributed by atoms with Crippen LogP contribution in [0.15, 0.2) is 42.5 Å². The lowest BCUT2D eigenvalue weighted by molar-refractivity contribution is -0.139. The molecule has 2 amide bonds. The third-order valence-electron chi connectivity index (χ3n) is 5.34. The van der Waals surface area contributed by atoms with Gasteiger partial charge in [-0.1, -0.05) is 36.7 Å². The average molecular weight is 516 g/mol. The van der Waals surface area contributed by atoms with Crippen LogP contribution in [0.1, 0.15) is 32.8 Å². The van der Waals surface area contributed by atoms with Gasteiger partial charge in [0.05, 0.1) is 17.0 Å². The fraction of sp³-hybridized carbons (Fsp3) is 0.391. The number of carbonyl (C=O) groups excluding carboxylic acids is 2. The Bertz CT molecular complexity index is 1150. The number of halogens is 3. The first kappa shape index (κ1) is 27.5. The second kappa shape index (κ2) is 11.6. The summed E-state index contributed by atoms with van der Waals surface area (Å²) in [5.41, 5.74) is 0.138. The summed E-state index contributed by atoms with van der Waals surface area (Å²) in [6.45, 7) is 4.21. The highest BCUT2D eigenvalue weighted by Crippen LogP contribution is 2.25. The van der Waals surface area contributed by atoms with Gasteiger partial charge in [-0.2, -0.15) is 0 Å². The molecule has 186 valence electrons. The molecule has 0 aromatic heterocycles. The van der Waals surface area contributed by atoms with Gasteiger partial charge in [0.15, 0.2) is 0 Å². The van der Waals surface area contributed by atoms with Crippen LogP contribution in [0.25, 0.3) is 0 Å². The van der Waals surface area contributed by atoms with Crippen molar-refractivity contribution in [3.05, 3.63) is 64.7 Å². The zero-order valence-corrected chi connectivity index (χ0v) is 21.0. The molecule has 0 aliphatic rings. The smallest absolute Gasteiger partial charge is 0.244 e. The lowest BCUT2D eigenvalue weighted by Crippen LogP contribution is -2.52. The van der Waals surface area contributed by atoms with Gasteiger partial charge in [-0.15, -0.1) is 0 Å². The number of carbonyl (C=O) groups is 2. The number of anilines is 1. The van der Waals surface area contributed by atoms with E-state index < -0.39 is 46.1 Å². The normalized spacial score (nSPS) is 13.1. The lowest BCUT2D eigenvalue weighted by atomic mass is 10.1. The molecular weight excluding hydrogens is 488 g/mol. The van der Waals surface area contributed by atoms with Gasteiger partial charge in [0.1, 0.15) is 24.2 Å². The minimum atomic E-state index is -4.00. The number of rotatable bonds is 10. The summed E-state index contributed by atoms with van der Waals surface area (Å²) in [5.74, 6) is -2.53. The Labute approximate surface area is 203 Å². The number of amides is 2. The van der Waals surface area contributed by atoms with Crippen molar-refractivity contribution in [3.8, 4) is 0 Å². The molecule has 7 nitrogen and oxygen atoms in total. The number of sulfonamides is 1. The standard InChI is InChI=1S/C23H28ClF2N3O4S/c1-5-15(2)27-23(31)16(3)28(13-17-8-6-7-9-20(17)25)22(30)14-29(34(4,32)33)18-10-11-21(26)19(24)12-18/h6-12,15-16H,5,13-14H2,1-4H3,(H,27,31)/t15-,16+/m0/s1.